The molecule has 2 N–H and O–H groups in total. The van der Waals surface area contributed by atoms with Crippen molar-refractivity contribution in [3.8, 4) is 0 Å². The van der Waals surface area contributed by atoms with Gasteiger partial charge in [-0.2, -0.15) is 0 Å². The summed E-state index contributed by atoms with van der Waals surface area (Å²) in [4.78, 5) is 48.6. The molecular formula is C64H111O11P. The van der Waals surface area contributed by atoms with Crippen molar-refractivity contribution in [2.45, 2.75) is 277 Å². The van der Waals surface area contributed by atoms with E-state index in [9.17, 15) is 28.9 Å². The smallest absolute Gasteiger partial charge is 0.462 e. The summed E-state index contributed by atoms with van der Waals surface area (Å²) >= 11 is 0. The predicted octanol–water partition coefficient (Wildman–Crippen LogP) is 18.3. The number of esters is 3. The van der Waals surface area contributed by atoms with E-state index in [4.69, 9.17) is 23.3 Å². The van der Waals surface area contributed by atoms with E-state index in [-0.39, 0.29) is 25.9 Å². The molecule has 0 fully saturated rings. The van der Waals surface area contributed by atoms with Crippen molar-refractivity contribution in [3.63, 3.8) is 0 Å². The van der Waals surface area contributed by atoms with E-state index >= 15 is 0 Å². The van der Waals surface area contributed by atoms with Gasteiger partial charge in [-0.1, -0.05) is 221 Å². The van der Waals surface area contributed by atoms with Crippen molar-refractivity contribution in [1.82, 2.24) is 0 Å². The molecule has 3 atom stereocenters. The van der Waals surface area contributed by atoms with Gasteiger partial charge in [-0.05, 0) is 109 Å². The molecule has 0 aliphatic carbocycles. The Hall–Kier alpha value is -3.34. The van der Waals surface area contributed by atoms with Gasteiger partial charge in [-0.3, -0.25) is 23.4 Å². The Morgan fingerprint density at radius 2 is 0.697 bits per heavy atom. The van der Waals surface area contributed by atoms with Crippen LogP contribution in [0.3, 0.4) is 0 Å². The number of carbonyl (C=O) groups excluding carboxylic acids is 3. The highest BCUT2D eigenvalue weighted by Gasteiger charge is 2.28. The molecule has 0 rings (SSSR count). The Kier molecular flexibility index (Phi) is 55.3. The van der Waals surface area contributed by atoms with E-state index in [1.54, 1.807) is 0 Å². The molecule has 12 heteroatoms. The van der Waals surface area contributed by atoms with E-state index in [0.29, 0.717) is 25.7 Å². The zero-order valence-electron chi connectivity index (χ0n) is 48.5. The van der Waals surface area contributed by atoms with Crippen LogP contribution in [-0.4, -0.2) is 66.5 Å². The Morgan fingerprint density at radius 3 is 1.12 bits per heavy atom. The lowest BCUT2D eigenvalue weighted by atomic mass is 10.1. The van der Waals surface area contributed by atoms with Gasteiger partial charge in [0.05, 0.1) is 19.8 Å². The van der Waals surface area contributed by atoms with Crippen molar-refractivity contribution >= 4 is 25.7 Å². The molecule has 0 bridgehead atoms. The molecule has 76 heavy (non-hydrogen) atoms. The minimum atomic E-state index is -4.77. The average molecular weight is 1090 g/mol. The first-order valence-corrected chi connectivity index (χ1v) is 32.0. The summed E-state index contributed by atoms with van der Waals surface area (Å²) in [6, 6.07) is 0. The Bertz CT molecular complexity index is 1600. The molecule has 0 saturated heterocycles. The van der Waals surface area contributed by atoms with Crippen molar-refractivity contribution in [3.05, 3.63) is 85.1 Å². The van der Waals surface area contributed by atoms with Gasteiger partial charge in [-0.15, -0.1) is 0 Å². The molecule has 0 amide bonds. The van der Waals surface area contributed by atoms with Crippen LogP contribution in [0.5, 0.6) is 0 Å². The first-order chi connectivity index (χ1) is 37.2. The predicted molar refractivity (Wildman–Crippen MR) is 316 cm³/mol. The minimum absolute atomic E-state index is 0.0853. The fourth-order valence-electron chi connectivity index (χ4n) is 8.15. The number of aliphatic hydroxyl groups excluding tert-OH is 1. The van der Waals surface area contributed by atoms with Crippen LogP contribution in [0.4, 0.5) is 0 Å². The zero-order chi connectivity index (χ0) is 55.5. The first kappa shape index (κ1) is 72.7. The Balaban J connectivity index is 4.78. The second-order valence-electron chi connectivity index (χ2n) is 20.1. The van der Waals surface area contributed by atoms with Gasteiger partial charge in [0.15, 0.2) is 6.10 Å². The number of rotatable bonds is 56. The second-order valence-corrected chi connectivity index (χ2v) is 21.6. The first-order valence-electron chi connectivity index (χ1n) is 30.5. The van der Waals surface area contributed by atoms with E-state index in [1.165, 1.54) is 103 Å². The number of allylic oxidation sites excluding steroid dienone is 14. The highest BCUT2D eigenvalue weighted by Crippen LogP contribution is 2.43. The van der Waals surface area contributed by atoms with E-state index in [1.807, 2.05) is 12.2 Å². The third-order valence-corrected chi connectivity index (χ3v) is 13.7. The summed E-state index contributed by atoms with van der Waals surface area (Å²) in [5, 5.41) is 9.84. The van der Waals surface area contributed by atoms with Gasteiger partial charge >= 0.3 is 25.7 Å². The van der Waals surface area contributed by atoms with Gasteiger partial charge in [0.25, 0.3) is 0 Å². The molecule has 0 aromatic rings. The minimum Gasteiger partial charge on any atom is -0.462 e. The molecule has 0 spiro atoms. The number of unbranched alkanes of at least 4 members (excludes halogenated alkanes) is 25. The second kappa shape index (κ2) is 57.8. The van der Waals surface area contributed by atoms with Crippen LogP contribution in [0.25, 0.3) is 0 Å². The van der Waals surface area contributed by atoms with Gasteiger partial charge in [-0.25, -0.2) is 4.57 Å². The van der Waals surface area contributed by atoms with E-state index in [0.717, 1.165) is 96.3 Å². The normalized spacial score (nSPS) is 13.9. The number of phosphoric ester groups is 1. The van der Waals surface area contributed by atoms with E-state index in [2.05, 4.69) is 93.7 Å². The van der Waals surface area contributed by atoms with Crippen molar-refractivity contribution < 1.29 is 52.2 Å². The highest BCUT2D eigenvalue weighted by molar-refractivity contribution is 7.47. The maximum absolute atomic E-state index is 12.9. The molecule has 0 radical (unpaired) electrons. The number of hydrogen-bond donors (Lipinski definition) is 2. The summed E-state index contributed by atoms with van der Waals surface area (Å²) in [6.45, 7) is 4.46. The molecule has 0 aromatic heterocycles. The quantitative estimate of drug-likeness (QED) is 0.0197. The summed E-state index contributed by atoms with van der Waals surface area (Å²) < 4.78 is 39.5. The van der Waals surface area contributed by atoms with Gasteiger partial charge in [0.1, 0.15) is 12.7 Å². The van der Waals surface area contributed by atoms with Crippen LogP contribution in [-0.2, 0) is 42.2 Å². The molecule has 0 aromatic carbocycles. The SMILES string of the molecule is CC/C=C\C/C=C\C/C=C\C/C=C\C/C=C\CCCC(=O)OC(COC(=O)CCCCCCC/C=C\CCCCCCCC)COP(=O)(O)OCC(CO)OC(=O)CCCCCCCCC/C=C\CCCCCCCC. The van der Waals surface area contributed by atoms with E-state index < -0.39 is 57.8 Å². The van der Waals surface area contributed by atoms with Crippen LogP contribution in [0.1, 0.15) is 265 Å². The van der Waals surface area contributed by atoms with Crippen LogP contribution in [0.2, 0.25) is 0 Å². The number of ether oxygens (including phenoxy) is 3. The lowest BCUT2D eigenvalue weighted by molar-refractivity contribution is -0.161. The molecule has 0 aliphatic heterocycles. The number of phosphoric acid groups is 1. The van der Waals surface area contributed by atoms with Crippen LogP contribution < -0.4 is 0 Å². The van der Waals surface area contributed by atoms with Crippen LogP contribution in [0, 0.1) is 0 Å². The summed E-state index contributed by atoms with van der Waals surface area (Å²) in [5.74, 6) is -1.55. The number of hydrogen-bond acceptors (Lipinski definition) is 10. The lowest BCUT2D eigenvalue weighted by Gasteiger charge is -2.21. The maximum atomic E-state index is 12.9. The number of carbonyl (C=O) groups is 3. The fraction of sp³-hybridized carbons (Fsp3) is 0.734. The standard InChI is InChI=1S/C64H111O11P/c1-4-7-10-13-16-19-22-25-28-30-33-36-39-42-45-48-51-54-63(67)74-60(56-65)58-72-76(69,70)73-59-61(57-71-62(66)53-50-47-44-41-38-35-32-27-24-21-18-15-12-9-6-3)75-64(68)55-52-49-46-43-40-37-34-31-29-26-23-20-17-14-11-8-5-2/h8,11,17,20,25-29,32,34,37,43,46,60-61,65H,4-7,9-10,12-16,18-19,21-24,30-31,33,35-36,38-42,44-45,47-59H2,1-3H3,(H,69,70)/b11-8-,20-17-,28-25-,29-26-,32-27-,37-34-,46-43-. The van der Waals surface area contributed by atoms with Crippen LogP contribution >= 0.6 is 7.82 Å². The molecule has 3 unspecified atom stereocenters. The third-order valence-electron chi connectivity index (χ3n) is 12.8. The fourth-order valence-corrected chi connectivity index (χ4v) is 8.93. The van der Waals surface area contributed by atoms with Crippen LogP contribution in [0.15, 0.2) is 85.1 Å². The van der Waals surface area contributed by atoms with Gasteiger partial charge in [0, 0.05) is 19.3 Å². The summed E-state index contributed by atoms with van der Waals surface area (Å²) in [7, 11) is -4.77. The van der Waals surface area contributed by atoms with Gasteiger partial charge < -0.3 is 24.2 Å². The monoisotopic (exact) mass is 1090 g/mol. The molecular weight excluding hydrogens is 976 g/mol. The summed E-state index contributed by atoms with van der Waals surface area (Å²) in [5.41, 5.74) is 0. The molecule has 0 heterocycles. The Morgan fingerprint density at radius 1 is 0.382 bits per heavy atom. The van der Waals surface area contributed by atoms with Crippen molar-refractivity contribution in [2.75, 3.05) is 26.4 Å². The molecule has 0 saturated carbocycles. The lowest BCUT2D eigenvalue weighted by Crippen LogP contribution is -2.30. The van der Waals surface area contributed by atoms with Crippen molar-refractivity contribution in [1.29, 1.82) is 0 Å². The maximum Gasteiger partial charge on any atom is 0.472 e. The molecule has 11 nitrogen and oxygen atoms in total. The Labute approximate surface area is 464 Å². The largest absolute Gasteiger partial charge is 0.472 e. The summed E-state index contributed by atoms with van der Waals surface area (Å²) in [6.07, 6.45) is 66.9. The number of aliphatic hydroxyl groups is 1. The van der Waals surface area contributed by atoms with Crippen molar-refractivity contribution in [2.24, 2.45) is 0 Å². The molecule has 438 valence electrons. The topological polar surface area (TPSA) is 155 Å². The zero-order valence-corrected chi connectivity index (χ0v) is 49.3. The average Bonchev–Trinajstić information content (AvgIpc) is 3.41. The highest BCUT2D eigenvalue weighted by atomic mass is 31.2. The third kappa shape index (κ3) is 55.4. The molecule has 0 aliphatic rings. The van der Waals surface area contributed by atoms with Gasteiger partial charge in [0.2, 0.25) is 0 Å².